The molecule has 1 aliphatic rings. The van der Waals surface area contributed by atoms with Gasteiger partial charge in [0.05, 0.1) is 11.1 Å². The van der Waals surface area contributed by atoms with Crippen LogP contribution in [0.2, 0.25) is 0 Å². The van der Waals surface area contributed by atoms with Gasteiger partial charge in [-0.15, -0.1) is 53.6 Å². The molecule has 1 aliphatic heterocycles. The molecule has 364 valence electrons. The molecule has 0 spiro atoms. The van der Waals surface area contributed by atoms with E-state index >= 15 is 17.6 Å². The summed E-state index contributed by atoms with van der Waals surface area (Å²) in [5.41, 5.74) is 2.42. The predicted molar refractivity (Wildman–Crippen MR) is 266 cm³/mol. The van der Waals surface area contributed by atoms with E-state index in [0.29, 0.717) is 64.0 Å². The van der Waals surface area contributed by atoms with E-state index in [1.165, 1.54) is 17.0 Å². The first kappa shape index (κ1) is 47.8. The number of nitrogens with zero attached hydrogens (tertiary/aromatic N) is 4. The van der Waals surface area contributed by atoms with Crippen molar-refractivity contribution >= 4 is 44.6 Å². The maximum absolute atomic E-state index is 16.2. The summed E-state index contributed by atoms with van der Waals surface area (Å²) < 4.78 is 112. The third kappa shape index (κ3) is 8.98. The van der Waals surface area contributed by atoms with Gasteiger partial charge in [-0.1, -0.05) is 91.2 Å². The molecule has 0 bridgehead atoms. The number of halogens is 6. The number of aromatic nitrogens is 2. The number of pyridine rings is 1. The van der Waals surface area contributed by atoms with Gasteiger partial charge in [-0.2, -0.15) is 6.07 Å². The fourth-order valence-electron chi connectivity index (χ4n) is 9.09. The van der Waals surface area contributed by atoms with Gasteiger partial charge >= 0.3 is 0 Å². The first-order valence-electron chi connectivity index (χ1n) is 23.2. The Morgan fingerprint density at radius 3 is 1.75 bits per heavy atom. The minimum atomic E-state index is -1.25. The van der Waals surface area contributed by atoms with Gasteiger partial charge in [0.25, 0.3) is 0 Å². The first-order chi connectivity index (χ1) is 33.5. The zero-order valence-electron chi connectivity index (χ0n) is 41.0. The molecule has 2 aromatic heterocycles. The molecule has 3 heterocycles. The van der Waals surface area contributed by atoms with Crippen molar-refractivity contribution in [2.45, 2.75) is 72.1 Å². The summed E-state index contributed by atoms with van der Waals surface area (Å²) in [6, 6.07) is 38.5. The van der Waals surface area contributed by atoms with E-state index in [1.807, 2.05) is 63.2 Å². The van der Waals surface area contributed by atoms with Gasteiger partial charge < -0.3 is 19.1 Å². The Balaban J connectivity index is 0.00000640. The van der Waals surface area contributed by atoms with E-state index < -0.39 is 57.3 Å². The van der Waals surface area contributed by atoms with Gasteiger partial charge in [0, 0.05) is 98.1 Å². The number of hydrogen-bond donors (Lipinski definition) is 0. The van der Waals surface area contributed by atoms with Crippen molar-refractivity contribution in [3.8, 4) is 39.6 Å². The fraction of sp³-hybridized carbons (Fsp3) is 0.186. The molecule has 0 unspecified atom stereocenters. The smallest absolute Gasteiger partial charge is 0.136 e. The normalized spacial score (nSPS) is 13.2. The molecular formula is C59H47F6N4OPt-3. The van der Waals surface area contributed by atoms with E-state index in [0.717, 1.165) is 27.4 Å². The quantitative estimate of drug-likeness (QED) is 0.112. The van der Waals surface area contributed by atoms with Crippen molar-refractivity contribution in [2.75, 3.05) is 9.80 Å². The third-order valence-corrected chi connectivity index (χ3v) is 12.7. The summed E-state index contributed by atoms with van der Waals surface area (Å²) in [6.45, 7) is 16.9. The summed E-state index contributed by atoms with van der Waals surface area (Å²) in [5.74, 6) is -7.22. The van der Waals surface area contributed by atoms with Crippen LogP contribution in [-0.4, -0.2) is 9.55 Å². The molecule has 0 radical (unpaired) electrons. The van der Waals surface area contributed by atoms with Gasteiger partial charge in [0.1, 0.15) is 40.7 Å². The fourth-order valence-corrected chi connectivity index (χ4v) is 9.09. The third-order valence-electron chi connectivity index (χ3n) is 12.7. The second-order valence-corrected chi connectivity index (χ2v) is 19.8. The second kappa shape index (κ2) is 18.4. The van der Waals surface area contributed by atoms with Crippen molar-refractivity contribution in [3.05, 3.63) is 198 Å². The summed E-state index contributed by atoms with van der Waals surface area (Å²) in [6.07, 6.45) is 1.80. The van der Waals surface area contributed by atoms with Crippen molar-refractivity contribution in [1.82, 2.24) is 9.55 Å². The number of ether oxygens (including phenoxy) is 1. The zero-order valence-corrected chi connectivity index (χ0v) is 42.3. The molecule has 9 aromatic rings. The van der Waals surface area contributed by atoms with Crippen molar-refractivity contribution < 1.29 is 53.5 Å². The van der Waals surface area contributed by atoms with Crippen LogP contribution < -0.4 is 14.5 Å². The Hall–Kier alpha value is -6.84. The average Bonchev–Trinajstić information content (AvgIpc) is 3.83. The van der Waals surface area contributed by atoms with Crippen LogP contribution >= 0.6 is 0 Å². The molecule has 12 heteroatoms. The SMILES string of the molecule is [2H]C(C)(C)c1cc(Oc2[c-]c3c(cc2)c2ccccc2n3-c2cc(C(C)(C)C)ccn2)[c-]c(N2[CH-]N(c3c(-c4c(F)cc(F)cc4F)cc(C(C)(C)C)cc3-c3c(F)cc(F)cc3F)c3ccccc32)c1.[Pt]. The Morgan fingerprint density at radius 2 is 1.17 bits per heavy atom. The predicted octanol–water partition coefficient (Wildman–Crippen LogP) is 16.9. The Morgan fingerprint density at radius 1 is 0.606 bits per heavy atom. The van der Waals surface area contributed by atoms with E-state index in [1.54, 1.807) is 68.0 Å². The van der Waals surface area contributed by atoms with Gasteiger partial charge in [0.2, 0.25) is 0 Å². The van der Waals surface area contributed by atoms with Crippen LogP contribution in [0.3, 0.4) is 0 Å². The van der Waals surface area contributed by atoms with E-state index in [2.05, 4.69) is 43.5 Å². The molecule has 7 aromatic carbocycles. The Kier molecular flexibility index (Phi) is 12.4. The summed E-state index contributed by atoms with van der Waals surface area (Å²) in [5, 5.41) is 1.93. The number of rotatable bonds is 8. The first-order valence-corrected chi connectivity index (χ1v) is 22.7. The maximum Gasteiger partial charge on any atom is 0.136 e. The minimum Gasteiger partial charge on any atom is -0.509 e. The molecule has 71 heavy (non-hydrogen) atoms. The molecule has 10 rings (SSSR count). The number of para-hydroxylation sites is 3. The van der Waals surface area contributed by atoms with Gasteiger partial charge in [-0.3, -0.25) is 0 Å². The Bertz CT molecular complexity index is 3490. The molecule has 0 N–H and O–H groups in total. The van der Waals surface area contributed by atoms with Crippen LogP contribution in [-0.2, 0) is 31.9 Å². The zero-order chi connectivity index (χ0) is 50.5. The van der Waals surface area contributed by atoms with E-state index in [-0.39, 0.29) is 49.0 Å². The summed E-state index contributed by atoms with van der Waals surface area (Å²) in [7, 11) is 0. The van der Waals surface area contributed by atoms with Gasteiger partial charge in [0.15, 0.2) is 0 Å². The standard InChI is InChI=1S/C59H47F6N4O.Pt/c1-33(2)34-21-39(30-41(22-34)70-40-17-18-43-42-13-9-10-14-50(42)69(53(43)31-40)54-25-35(19-20-66-54)58(3,4)5)67-32-68(52-16-12-11-15-51(52)67)57-44(55-46(62)26-37(60)27-47(55)63)23-36(59(6,7)8)24-45(57)56-48(64)28-38(61)29-49(56)65;/h9-29,32-33H,1-8H3;/q-3;/i33D;. The van der Waals surface area contributed by atoms with Crippen LogP contribution in [0.15, 0.2) is 128 Å². The van der Waals surface area contributed by atoms with E-state index in [9.17, 15) is 10.2 Å². The number of anilines is 4. The molecule has 0 atom stereocenters. The molecule has 0 amide bonds. The van der Waals surface area contributed by atoms with Crippen LogP contribution in [0.4, 0.5) is 49.1 Å². The summed E-state index contributed by atoms with van der Waals surface area (Å²) >= 11 is 0. The van der Waals surface area contributed by atoms with Crippen molar-refractivity contribution in [3.63, 3.8) is 0 Å². The van der Waals surface area contributed by atoms with Crippen LogP contribution in [0.25, 0.3) is 49.9 Å². The molecule has 5 nitrogen and oxygen atoms in total. The number of benzene rings is 7. The summed E-state index contributed by atoms with van der Waals surface area (Å²) in [4.78, 5) is 8.04. The van der Waals surface area contributed by atoms with Crippen LogP contribution in [0.1, 0.15) is 79.3 Å². The van der Waals surface area contributed by atoms with Gasteiger partial charge in [-0.05, 0) is 75.7 Å². The molecule has 0 saturated heterocycles. The molecule has 0 fully saturated rings. The molecular weight excluding hydrogens is 1090 g/mol. The molecule has 0 saturated carbocycles. The van der Waals surface area contributed by atoms with Crippen molar-refractivity contribution in [2.24, 2.45) is 0 Å². The van der Waals surface area contributed by atoms with E-state index in [4.69, 9.17) is 9.72 Å². The topological polar surface area (TPSA) is 33.5 Å². The number of fused-ring (bicyclic) bond motifs is 4. The van der Waals surface area contributed by atoms with Crippen molar-refractivity contribution in [1.29, 1.82) is 0 Å². The van der Waals surface area contributed by atoms with Crippen LogP contribution in [0.5, 0.6) is 11.5 Å². The minimum absolute atomic E-state index is 0. The second-order valence-electron chi connectivity index (χ2n) is 19.8. The maximum atomic E-state index is 16.2. The monoisotopic (exact) mass is 1140 g/mol. The molecule has 0 aliphatic carbocycles. The van der Waals surface area contributed by atoms with Gasteiger partial charge in [-0.25, -0.2) is 31.3 Å². The number of hydrogen-bond acceptors (Lipinski definition) is 4. The largest absolute Gasteiger partial charge is 0.509 e. The Labute approximate surface area is 425 Å². The van der Waals surface area contributed by atoms with Crippen LogP contribution in [0, 0.1) is 53.7 Å². The average molecular weight is 1140 g/mol.